The van der Waals surface area contributed by atoms with Crippen LogP contribution in [-0.2, 0) is 6.54 Å². The zero-order valence-corrected chi connectivity index (χ0v) is 12.0. The lowest BCUT2D eigenvalue weighted by molar-refractivity contribution is 0.0786. The molecule has 2 rings (SSSR count). The van der Waals surface area contributed by atoms with Gasteiger partial charge in [-0.1, -0.05) is 23.2 Å². The Kier molecular flexibility index (Phi) is 4.27. The highest BCUT2D eigenvalue weighted by Gasteiger charge is 2.12. The van der Waals surface area contributed by atoms with Gasteiger partial charge < -0.3 is 4.90 Å². The highest BCUT2D eigenvalue weighted by Crippen LogP contribution is 2.23. The summed E-state index contributed by atoms with van der Waals surface area (Å²) in [6.07, 6.45) is 0. The molecule has 0 aliphatic carbocycles. The summed E-state index contributed by atoms with van der Waals surface area (Å²) in [6.45, 7) is 0.554. The lowest BCUT2D eigenvalue weighted by atomic mass is 10.2. The minimum absolute atomic E-state index is 0.0313. The number of rotatable bonds is 3. The monoisotopic (exact) mass is 299 g/mol. The fourth-order valence-corrected chi connectivity index (χ4v) is 2.82. The fourth-order valence-electron chi connectivity index (χ4n) is 1.56. The van der Waals surface area contributed by atoms with Crippen LogP contribution in [0.3, 0.4) is 0 Å². The van der Waals surface area contributed by atoms with E-state index in [4.69, 9.17) is 23.2 Å². The molecule has 1 aromatic carbocycles. The maximum absolute atomic E-state index is 12.1. The van der Waals surface area contributed by atoms with Crippen molar-refractivity contribution in [1.29, 1.82) is 0 Å². The van der Waals surface area contributed by atoms with Crippen LogP contribution in [0.2, 0.25) is 9.36 Å². The Bertz CT molecular complexity index is 550. The number of hydrogen-bond donors (Lipinski definition) is 0. The van der Waals surface area contributed by atoms with E-state index in [2.05, 4.69) is 0 Å². The van der Waals surface area contributed by atoms with E-state index in [0.717, 1.165) is 9.21 Å². The molecule has 0 N–H and O–H groups in total. The van der Waals surface area contributed by atoms with Gasteiger partial charge in [-0.2, -0.15) is 0 Å². The predicted octanol–water partition coefficient (Wildman–Crippen LogP) is 4.33. The summed E-state index contributed by atoms with van der Waals surface area (Å²) in [5, 5.41) is 0.624. The van der Waals surface area contributed by atoms with Gasteiger partial charge in [0.25, 0.3) is 5.91 Å². The molecule has 0 spiro atoms. The minimum atomic E-state index is -0.0313. The average Bonchev–Trinajstić information content (AvgIpc) is 2.75. The summed E-state index contributed by atoms with van der Waals surface area (Å²) in [6, 6.07) is 10.6. The van der Waals surface area contributed by atoms with E-state index in [1.54, 1.807) is 36.2 Å². The standard InChI is InChI=1S/C13H11Cl2NOS/c1-16(8-11-6-7-12(15)18-11)13(17)9-2-4-10(14)5-3-9/h2-7H,8H2,1H3. The smallest absolute Gasteiger partial charge is 0.253 e. The topological polar surface area (TPSA) is 20.3 Å². The molecular weight excluding hydrogens is 289 g/mol. The largest absolute Gasteiger partial charge is 0.337 e. The first-order valence-corrected chi connectivity index (χ1v) is 6.89. The van der Waals surface area contributed by atoms with Gasteiger partial charge in [0.2, 0.25) is 0 Å². The molecule has 2 aromatic rings. The van der Waals surface area contributed by atoms with Crippen LogP contribution >= 0.6 is 34.5 Å². The molecule has 0 radical (unpaired) electrons. The third-order valence-electron chi connectivity index (χ3n) is 2.46. The Labute approximate surface area is 120 Å². The van der Waals surface area contributed by atoms with Gasteiger partial charge in [-0.3, -0.25) is 4.79 Å². The summed E-state index contributed by atoms with van der Waals surface area (Å²) >= 11 is 13.1. The molecule has 0 unspecified atom stereocenters. The van der Waals surface area contributed by atoms with Crippen molar-refractivity contribution in [1.82, 2.24) is 4.90 Å². The molecule has 0 aliphatic rings. The molecule has 1 heterocycles. The van der Waals surface area contributed by atoms with Crippen molar-refractivity contribution in [2.24, 2.45) is 0 Å². The minimum Gasteiger partial charge on any atom is -0.337 e. The van der Waals surface area contributed by atoms with E-state index >= 15 is 0 Å². The SMILES string of the molecule is CN(Cc1ccc(Cl)s1)C(=O)c1ccc(Cl)cc1. The fraction of sp³-hybridized carbons (Fsp3) is 0.154. The molecule has 2 nitrogen and oxygen atoms in total. The van der Waals surface area contributed by atoms with Gasteiger partial charge >= 0.3 is 0 Å². The van der Waals surface area contributed by atoms with Gasteiger partial charge in [0.1, 0.15) is 0 Å². The van der Waals surface area contributed by atoms with Gasteiger partial charge in [0.15, 0.2) is 0 Å². The lowest BCUT2D eigenvalue weighted by Crippen LogP contribution is -2.25. The van der Waals surface area contributed by atoms with Crippen LogP contribution in [0.5, 0.6) is 0 Å². The molecule has 94 valence electrons. The van der Waals surface area contributed by atoms with Crippen LogP contribution in [0, 0.1) is 0 Å². The maximum Gasteiger partial charge on any atom is 0.253 e. The van der Waals surface area contributed by atoms with Crippen molar-refractivity contribution in [2.45, 2.75) is 6.54 Å². The summed E-state index contributed by atoms with van der Waals surface area (Å²) < 4.78 is 0.734. The summed E-state index contributed by atoms with van der Waals surface area (Å²) in [4.78, 5) is 14.8. The van der Waals surface area contributed by atoms with E-state index in [9.17, 15) is 4.79 Å². The second-order valence-corrected chi connectivity index (χ2v) is 6.11. The van der Waals surface area contributed by atoms with Gasteiger partial charge in [-0.25, -0.2) is 0 Å². The lowest BCUT2D eigenvalue weighted by Gasteiger charge is -2.16. The number of nitrogens with zero attached hydrogens (tertiary/aromatic N) is 1. The first kappa shape index (κ1) is 13.4. The molecule has 1 aromatic heterocycles. The number of carbonyl (C=O) groups is 1. The molecular formula is C13H11Cl2NOS. The molecule has 0 fully saturated rings. The molecule has 18 heavy (non-hydrogen) atoms. The van der Waals surface area contributed by atoms with Crippen LogP contribution in [0.15, 0.2) is 36.4 Å². The van der Waals surface area contributed by atoms with Gasteiger partial charge in [-0.15, -0.1) is 11.3 Å². The first-order chi connectivity index (χ1) is 8.56. The molecule has 0 saturated carbocycles. The highest BCUT2D eigenvalue weighted by atomic mass is 35.5. The highest BCUT2D eigenvalue weighted by molar-refractivity contribution is 7.16. The number of carbonyl (C=O) groups excluding carboxylic acids is 1. The Hall–Kier alpha value is -1.03. The zero-order chi connectivity index (χ0) is 13.1. The van der Waals surface area contributed by atoms with Crippen molar-refractivity contribution in [3.05, 3.63) is 56.2 Å². The van der Waals surface area contributed by atoms with Crippen molar-refractivity contribution in [3.63, 3.8) is 0 Å². The third-order valence-corrected chi connectivity index (χ3v) is 3.93. The van der Waals surface area contributed by atoms with Gasteiger partial charge in [0.05, 0.1) is 10.9 Å². The average molecular weight is 300 g/mol. The maximum atomic E-state index is 12.1. The van der Waals surface area contributed by atoms with Crippen LogP contribution in [0.1, 0.15) is 15.2 Å². The second kappa shape index (κ2) is 5.74. The predicted molar refractivity (Wildman–Crippen MR) is 76.6 cm³/mol. The Morgan fingerprint density at radius 1 is 1.17 bits per heavy atom. The molecule has 0 bridgehead atoms. The molecule has 1 amide bonds. The Morgan fingerprint density at radius 2 is 1.83 bits per heavy atom. The summed E-state index contributed by atoms with van der Waals surface area (Å²) in [5.41, 5.74) is 0.629. The van der Waals surface area contributed by atoms with E-state index < -0.39 is 0 Å². The third kappa shape index (κ3) is 3.25. The summed E-state index contributed by atoms with van der Waals surface area (Å²) in [5.74, 6) is -0.0313. The number of hydrogen-bond acceptors (Lipinski definition) is 2. The quantitative estimate of drug-likeness (QED) is 0.826. The molecule has 5 heteroatoms. The van der Waals surface area contributed by atoms with Crippen molar-refractivity contribution < 1.29 is 4.79 Å². The summed E-state index contributed by atoms with van der Waals surface area (Å²) in [7, 11) is 1.77. The number of thiophene rings is 1. The molecule has 0 saturated heterocycles. The van der Waals surface area contributed by atoms with Crippen LogP contribution in [-0.4, -0.2) is 17.9 Å². The van der Waals surface area contributed by atoms with Crippen molar-refractivity contribution in [3.8, 4) is 0 Å². The van der Waals surface area contributed by atoms with Crippen LogP contribution in [0.25, 0.3) is 0 Å². The van der Waals surface area contributed by atoms with Crippen LogP contribution in [0.4, 0.5) is 0 Å². The van der Waals surface area contributed by atoms with Crippen LogP contribution < -0.4 is 0 Å². The van der Waals surface area contributed by atoms with E-state index in [1.165, 1.54) is 11.3 Å². The van der Waals surface area contributed by atoms with Gasteiger partial charge in [0, 0.05) is 22.5 Å². The molecule has 0 atom stereocenters. The molecule has 0 aliphatic heterocycles. The number of benzene rings is 1. The Balaban J connectivity index is 2.07. The number of halogens is 2. The van der Waals surface area contributed by atoms with E-state index in [-0.39, 0.29) is 5.91 Å². The normalized spacial score (nSPS) is 10.4. The zero-order valence-electron chi connectivity index (χ0n) is 9.69. The van der Waals surface area contributed by atoms with Crippen molar-refractivity contribution >= 4 is 40.4 Å². The Morgan fingerprint density at radius 3 is 2.39 bits per heavy atom. The second-order valence-electron chi connectivity index (χ2n) is 3.87. The first-order valence-electron chi connectivity index (χ1n) is 5.31. The van der Waals surface area contributed by atoms with E-state index in [1.807, 2.05) is 12.1 Å². The number of amides is 1. The van der Waals surface area contributed by atoms with E-state index in [0.29, 0.717) is 17.1 Å². The van der Waals surface area contributed by atoms with Crippen molar-refractivity contribution in [2.75, 3.05) is 7.05 Å². The van der Waals surface area contributed by atoms with Gasteiger partial charge in [-0.05, 0) is 36.4 Å².